The lowest BCUT2D eigenvalue weighted by atomic mass is 10.2. The van der Waals surface area contributed by atoms with E-state index in [9.17, 15) is 4.79 Å². The van der Waals surface area contributed by atoms with Gasteiger partial charge in [0.2, 0.25) is 0 Å². The minimum Gasteiger partial charge on any atom is -0.497 e. The monoisotopic (exact) mass is 239 g/mol. The molecule has 0 aromatic heterocycles. The summed E-state index contributed by atoms with van der Waals surface area (Å²) in [6.07, 6.45) is 0. The lowest BCUT2D eigenvalue weighted by Crippen LogP contribution is -2.39. The van der Waals surface area contributed by atoms with E-state index in [1.54, 1.807) is 44.4 Å². The summed E-state index contributed by atoms with van der Waals surface area (Å²) in [5.74, 6) is 1.21. The number of nitrogens with one attached hydrogen (secondary N) is 2. The minimum atomic E-state index is -0.346. The number of benzene rings is 1. The Bertz CT molecular complexity index is 394. The zero-order chi connectivity index (χ0) is 12.8. The fourth-order valence-electron chi connectivity index (χ4n) is 1.27. The summed E-state index contributed by atoms with van der Waals surface area (Å²) in [5.41, 5.74) is 3.11. The number of hydrogen-bond acceptors (Lipinski definition) is 4. The van der Waals surface area contributed by atoms with Crippen LogP contribution in [-0.2, 0) is 0 Å². The van der Waals surface area contributed by atoms with E-state index < -0.39 is 0 Å². The maximum absolute atomic E-state index is 11.5. The summed E-state index contributed by atoms with van der Waals surface area (Å²) < 4.78 is 10.2. The van der Waals surface area contributed by atoms with Crippen LogP contribution >= 0.6 is 0 Å². The minimum absolute atomic E-state index is 0.346. The van der Waals surface area contributed by atoms with Crippen molar-refractivity contribution in [1.82, 2.24) is 10.4 Å². The maximum Gasteiger partial charge on any atom is 0.333 e. The van der Waals surface area contributed by atoms with Gasteiger partial charge in [0.1, 0.15) is 11.5 Å². The van der Waals surface area contributed by atoms with Crippen molar-refractivity contribution in [3.05, 3.63) is 18.2 Å². The van der Waals surface area contributed by atoms with Gasteiger partial charge in [0.25, 0.3) is 0 Å². The maximum atomic E-state index is 11.5. The van der Waals surface area contributed by atoms with Crippen LogP contribution in [0.3, 0.4) is 0 Å². The molecule has 0 saturated carbocycles. The van der Waals surface area contributed by atoms with E-state index in [1.165, 1.54) is 7.11 Å². The molecule has 6 heteroatoms. The van der Waals surface area contributed by atoms with Gasteiger partial charge in [-0.25, -0.2) is 9.80 Å². The number of nitrogens with zero attached hydrogens (tertiary/aromatic N) is 1. The first-order valence-corrected chi connectivity index (χ1v) is 5.03. The van der Waals surface area contributed by atoms with Crippen LogP contribution in [0.25, 0.3) is 0 Å². The molecule has 0 aliphatic rings. The molecule has 0 saturated heterocycles. The molecule has 0 aliphatic heterocycles. The quantitative estimate of drug-likeness (QED) is 0.777. The molecule has 0 heterocycles. The third kappa shape index (κ3) is 3.84. The summed E-state index contributed by atoms with van der Waals surface area (Å²) in [4.78, 5) is 11.5. The zero-order valence-corrected chi connectivity index (χ0v) is 10.4. The third-order valence-corrected chi connectivity index (χ3v) is 1.98. The van der Waals surface area contributed by atoms with E-state index in [1.807, 2.05) is 0 Å². The van der Waals surface area contributed by atoms with Crippen LogP contribution in [0.5, 0.6) is 11.5 Å². The highest BCUT2D eigenvalue weighted by Crippen LogP contribution is 2.28. The van der Waals surface area contributed by atoms with Gasteiger partial charge in [0.05, 0.1) is 19.9 Å². The summed E-state index contributed by atoms with van der Waals surface area (Å²) in [7, 11) is 6.55. The molecule has 0 atom stereocenters. The molecule has 0 aliphatic carbocycles. The summed E-state index contributed by atoms with van der Waals surface area (Å²) in [5, 5.41) is 4.21. The van der Waals surface area contributed by atoms with Crippen LogP contribution < -0.4 is 20.2 Å². The van der Waals surface area contributed by atoms with E-state index in [0.29, 0.717) is 17.2 Å². The molecule has 1 aromatic rings. The molecule has 0 fully saturated rings. The number of urea groups is 1. The van der Waals surface area contributed by atoms with Crippen molar-refractivity contribution in [2.45, 2.75) is 0 Å². The van der Waals surface area contributed by atoms with Gasteiger partial charge in [-0.15, -0.1) is 0 Å². The molecule has 0 radical (unpaired) electrons. The molecule has 1 aromatic carbocycles. The number of hydrogen-bond donors (Lipinski definition) is 2. The number of rotatable bonds is 4. The first kappa shape index (κ1) is 13.1. The first-order valence-electron chi connectivity index (χ1n) is 5.03. The predicted molar refractivity (Wildman–Crippen MR) is 65.4 cm³/mol. The predicted octanol–water partition coefficient (Wildman–Crippen LogP) is 1.30. The number of amides is 2. The van der Waals surface area contributed by atoms with Gasteiger partial charge in [0, 0.05) is 20.2 Å². The molecule has 0 unspecified atom stereocenters. The molecule has 1 rings (SSSR count). The second kappa shape index (κ2) is 5.95. The average Bonchev–Trinajstić information content (AvgIpc) is 2.27. The third-order valence-electron chi connectivity index (χ3n) is 1.98. The van der Waals surface area contributed by atoms with Gasteiger partial charge in [0.15, 0.2) is 0 Å². The second-order valence-electron chi connectivity index (χ2n) is 3.53. The fraction of sp³-hybridized carbons (Fsp3) is 0.364. The van der Waals surface area contributed by atoms with E-state index >= 15 is 0 Å². The van der Waals surface area contributed by atoms with Crippen molar-refractivity contribution < 1.29 is 14.3 Å². The van der Waals surface area contributed by atoms with E-state index in [-0.39, 0.29) is 6.03 Å². The van der Waals surface area contributed by atoms with Crippen molar-refractivity contribution in [3.8, 4) is 11.5 Å². The molecule has 17 heavy (non-hydrogen) atoms. The molecule has 2 amide bonds. The van der Waals surface area contributed by atoms with E-state index in [2.05, 4.69) is 10.7 Å². The Morgan fingerprint density at radius 1 is 1.24 bits per heavy atom. The fourth-order valence-corrected chi connectivity index (χ4v) is 1.27. The number of methoxy groups -OCH3 is 2. The molecule has 0 spiro atoms. The Kier molecular flexibility index (Phi) is 4.59. The molecule has 6 nitrogen and oxygen atoms in total. The Hall–Kier alpha value is -1.95. The summed E-state index contributed by atoms with van der Waals surface area (Å²) in [6, 6.07) is 4.83. The number of hydrazine groups is 1. The smallest absolute Gasteiger partial charge is 0.333 e. The number of anilines is 1. The van der Waals surface area contributed by atoms with E-state index in [4.69, 9.17) is 9.47 Å². The number of carbonyl (C=O) groups excluding carboxylic acids is 1. The van der Waals surface area contributed by atoms with Crippen LogP contribution in [0.4, 0.5) is 10.5 Å². The summed E-state index contributed by atoms with van der Waals surface area (Å²) >= 11 is 0. The lowest BCUT2D eigenvalue weighted by Gasteiger charge is -2.15. The number of ether oxygens (including phenoxy) is 2. The van der Waals surface area contributed by atoms with Crippen molar-refractivity contribution in [2.75, 3.05) is 33.6 Å². The van der Waals surface area contributed by atoms with Gasteiger partial charge in [-0.3, -0.25) is 5.43 Å². The summed E-state index contributed by atoms with van der Waals surface area (Å²) in [6.45, 7) is 0. The van der Waals surface area contributed by atoms with Crippen LogP contribution in [-0.4, -0.2) is 39.4 Å². The SMILES string of the molecule is COc1ccc(OC)c(NC(=O)NN(C)C)c1. The largest absolute Gasteiger partial charge is 0.497 e. The number of carbonyl (C=O) groups is 1. The highest BCUT2D eigenvalue weighted by molar-refractivity contribution is 5.90. The van der Waals surface area contributed by atoms with Gasteiger partial charge in [-0.1, -0.05) is 0 Å². The molecular weight excluding hydrogens is 222 g/mol. The lowest BCUT2D eigenvalue weighted by molar-refractivity contribution is 0.224. The Morgan fingerprint density at radius 2 is 1.94 bits per heavy atom. The second-order valence-corrected chi connectivity index (χ2v) is 3.53. The first-order chi connectivity index (χ1) is 8.06. The topological polar surface area (TPSA) is 62.8 Å². The highest BCUT2D eigenvalue weighted by atomic mass is 16.5. The molecule has 94 valence electrons. The molecule has 0 bridgehead atoms. The molecular formula is C11H17N3O3. The van der Waals surface area contributed by atoms with Crippen LogP contribution in [0.15, 0.2) is 18.2 Å². The van der Waals surface area contributed by atoms with Crippen molar-refractivity contribution in [2.24, 2.45) is 0 Å². The normalized spacial score (nSPS) is 9.94. The van der Waals surface area contributed by atoms with Crippen molar-refractivity contribution in [3.63, 3.8) is 0 Å². The van der Waals surface area contributed by atoms with Gasteiger partial charge < -0.3 is 14.8 Å². The average molecular weight is 239 g/mol. The highest BCUT2D eigenvalue weighted by Gasteiger charge is 2.08. The van der Waals surface area contributed by atoms with E-state index in [0.717, 1.165) is 0 Å². The standard InChI is InChI=1S/C11H17N3O3/c1-14(2)13-11(15)12-9-7-8(16-3)5-6-10(9)17-4/h5-7H,1-4H3,(H2,12,13,15). The van der Waals surface area contributed by atoms with Gasteiger partial charge >= 0.3 is 6.03 Å². The van der Waals surface area contributed by atoms with Crippen LogP contribution in [0, 0.1) is 0 Å². The van der Waals surface area contributed by atoms with Gasteiger partial charge in [-0.2, -0.15) is 0 Å². The zero-order valence-electron chi connectivity index (χ0n) is 10.4. The Balaban J connectivity index is 2.83. The molecule has 2 N–H and O–H groups in total. The van der Waals surface area contributed by atoms with Crippen LogP contribution in [0.2, 0.25) is 0 Å². The van der Waals surface area contributed by atoms with Crippen LogP contribution in [0.1, 0.15) is 0 Å². The Morgan fingerprint density at radius 3 is 2.47 bits per heavy atom. The van der Waals surface area contributed by atoms with Gasteiger partial charge in [-0.05, 0) is 12.1 Å². The van der Waals surface area contributed by atoms with Crippen molar-refractivity contribution in [1.29, 1.82) is 0 Å². The Labute approximate surface area is 100 Å². The van der Waals surface area contributed by atoms with Crippen molar-refractivity contribution >= 4 is 11.7 Å².